The van der Waals surface area contributed by atoms with E-state index in [-0.39, 0.29) is 121 Å². The molecule has 12 rings (SSSR count). The van der Waals surface area contributed by atoms with Gasteiger partial charge in [0.15, 0.2) is 0 Å². The Morgan fingerprint density at radius 3 is 1.97 bits per heavy atom. The van der Waals surface area contributed by atoms with Gasteiger partial charge in [-0.3, -0.25) is 0 Å². The molecule has 2 aliphatic rings. The second-order valence-electron chi connectivity index (χ2n) is 23.2. The van der Waals surface area contributed by atoms with Crippen molar-refractivity contribution in [1.29, 1.82) is 0 Å². The standard InChI is InChI=1S/C70H65N4O.Pt/c1-67(2,3)50-34-37-71-65(42-50)74-61-27-15-14-26-55(61)56-32-31-54(44-64(56)74)75-53-25-19-24-52(43-53)72-45-73(63-29-17-16-28-62(63)72)66-57(48-23-18-22-47(38-48)46-20-12-11-13-21-46)40-51(68(4,5)6)41-58(66)49-30-33-59-60(39-49)70(9,10)36-35-69(59,7)8;/h11-34,37-42,45H,35-36H2,1-10H3;/q-3;/i14D,15D,18D,22D,23D,26D,27D,30D,33D,38D,39D;. The summed E-state index contributed by atoms with van der Waals surface area (Å²) in [5.41, 5.74) is 6.22. The minimum absolute atomic E-state index is 0. The van der Waals surface area contributed by atoms with Crippen molar-refractivity contribution in [1.82, 2.24) is 9.55 Å². The van der Waals surface area contributed by atoms with Crippen LogP contribution in [0.25, 0.3) is 61.0 Å². The molecule has 0 fully saturated rings. The van der Waals surface area contributed by atoms with Crippen molar-refractivity contribution in [2.75, 3.05) is 9.80 Å². The summed E-state index contributed by atoms with van der Waals surface area (Å²) in [6.07, 6.45) is 3.24. The molecule has 2 aromatic heterocycles. The van der Waals surface area contributed by atoms with Crippen LogP contribution >= 0.6 is 0 Å². The van der Waals surface area contributed by atoms with Gasteiger partial charge in [-0.1, -0.05) is 172 Å². The van der Waals surface area contributed by atoms with E-state index in [1.165, 1.54) is 0 Å². The Balaban J connectivity index is 0.00000784. The molecule has 1 aliphatic carbocycles. The van der Waals surface area contributed by atoms with Gasteiger partial charge in [-0.2, -0.15) is 12.1 Å². The predicted octanol–water partition coefficient (Wildman–Crippen LogP) is 18.9. The van der Waals surface area contributed by atoms with Crippen LogP contribution in [-0.2, 0) is 42.7 Å². The SMILES string of the molecule is [2H]c1c([2H])c(-c2ccccc2)c([2H])c(-c2cc(C(C)(C)C)cc(-c3c([2H])c([2H])c4c(c3[2H])C(C)(C)CCC4(C)C)c2N2[CH-]N(c3[c-]c(Oc4[c-]c5c(cc4)c4c([2H])c([2H])c([2H])c([2H])c4n5-c4cc(C(C)(C)C)ccn4)ccc3)c3ccccc32)c1[2H].[Pt]. The third-order valence-electron chi connectivity index (χ3n) is 15.0. The monoisotopic (exact) mass is 1180 g/mol. The summed E-state index contributed by atoms with van der Waals surface area (Å²) in [5, 5.41) is 0.869. The van der Waals surface area contributed by atoms with Gasteiger partial charge in [0.05, 0.1) is 15.1 Å². The van der Waals surface area contributed by atoms with Crippen LogP contribution in [-0.4, -0.2) is 9.55 Å². The van der Waals surface area contributed by atoms with E-state index in [4.69, 9.17) is 15.2 Å². The molecule has 1 aliphatic heterocycles. The Kier molecular flexibility index (Phi) is 9.86. The van der Waals surface area contributed by atoms with Crippen LogP contribution in [0.2, 0.25) is 0 Å². The van der Waals surface area contributed by atoms with E-state index >= 15 is 0 Å². The number of fused-ring (bicyclic) bond motifs is 5. The van der Waals surface area contributed by atoms with Gasteiger partial charge in [-0.25, -0.2) is 4.98 Å². The first kappa shape index (κ1) is 39.2. The number of rotatable bonds is 8. The van der Waals surface area contributed by atoms with Crippen molar-refractivity contribution in [3.8, 4) is 50.7 Å². The number of para-hydroxylation sites is 3. The summed E-state index contributed by atoms with van der Waals surface area (Å²) in [6, 6.07) is 38.4. The molecular weight excluding hydrogens is 1110 g/mol. The molecule has 0 amide bonds. The maximum Gasteiger partial charge on any atom is 0.135 e. The van der Waals surface area contributed by atoms with Crippen LogP contribution in [0.3, 0.4) is 0 Å². The molecule has 8 aromatic carbocycles. The molecule has 6 heteroatoms. The van der Waals surface area contributed by atoms with E-state index in [0.29, 0.717) is 78.4 Å². The molecule has 0 unspecified atom stereocenters. The number of hydrogen-bond donors (Lipinski definition) is 0. The maximum atomic E-state index is 10.4. The van der Waals surface area contributed by atoms with E-state index in [1.807, 2.05) is 95.3 Å². The third kappa shape index (κ3) is 9.15. The molecule has 0 spiro atoms. The van der Waals surface area contributed by atoms with Crippen molar-refractivity contribution < 1.29 is 40.9 Å². The second-order valence-corrected chi connectivity index (χ2v) is 23.2. The van der Waals surface area contributed by atoms with Crippen LogP contribution in [0.1, 0.15) is 119 Å². The van der Waals surface area contributed by atoms with Crippen molar-refractivity contribution >= 4 is 44.6 Å². The average Bonchev–Trinajstić information content (AvgIpc) is 1.68. The van der Waals surface area contributed by atoms with Crippen molar-refractivity contribution in [3.05, 3.63) is 223 Å². The van der Waals surface area contributed by atoms with E-state index in [2.05, 4.69) is 81.4 Å². The first-order valence-corrected chi connectivity index (χ1v) is 25.7. The van der Waals surface area contributed by atoms with Crippen LogP contribution < -0.4 is 14.5 Å². The van der Waals surface area contributed by atoms with Crippen LogP contribution in [0, 0.1) is 18.8 Å². The molecule has 384 valence electrons. The van der Waals surface area contributed by atoms with Gasteiger partial charge in [0.25, 0.3) is 0 Å². The molecule has 0 saturated heterocycles. The minimum atomic E-state index is -0.579. The van der Waals surface area contributed by atoms with Crippen LogP contribution in [0.5, 0.6) is 11.5 Å². The Bertz CT molecular complexity index is 4490. The summed E-state index contributed by atoms with van der Waals surface area (Å²) in [4.78, 5) is 8.62. The van der Waals surface area contributed by atoms with Gasteiger partial charge >= 0.3 is 0 Å². The fourth-order valence-electron chi connectivity index (χ4n) is 10.5. The molecule has 10 aromatic rings. The van der Waals surface area contributed by atoms with Gasteiger partial charge in [0, 0.05) is 72.5 Å². The number of benzene rings is 8. The fraction of sp³-hybridized carbons (Fsp3) is 0.229. The first-order valence-electron chi connectivity index (χ1n) is 31.2. The van der Waals surface area contributed by atoms with Crippen LogP contribution in [0.4, 0.5) is 22.7 Å². The molecule has 0 N–H and O–H groups in total. The number of ether oxygens (including phenoxy) is 1. The number of anilines is 4. The van der Waals surface area contributed by atoms with E-state index in [0.717, 1.165) is 24.0 Å². The summed E-state index contributed by atoms with van der Waals surface area (Å²) in [5.74, 6) is 1.04. The Morgan fingerprint density at radius 1 is 0.579 bits per heavy atom. The quantitative estimate of drug-likeness (QED) is 0.142. The number of hydrogen-bond acceptors (Lipinski definition) is 4. The summed E-state index contributed by atoms with van der Waals surface area (Å²) < 4.78 is 113. The van der Waals surface area contributed by atoms with E-state index in [9.17, 15) is 9.60 Å². The van der Waals surface area contributed by atoms with Gasteiger partial charge < -0.3 is 19.1 Å². The molecule has 0 atom stereocenters. The smallest absolute Gasteiger partial charge is 0.135 e. The first-order chi connectivity index (χ1) is 40.5. The predicted molar refractivity (Wildman–Crippen MR) is 313 cm³/mol. The van der Waals surface area contributed by atoms with E-state index in [1.54, 1.807) is 41.1 Å². The number of nitrogens with zero attached hydrogens (tertiary/aromatic N) is 4. The summed E-state index contributed by atoms with van der Waals surface area (Å²) in [6.45, 7) is 22.7. The Labute approximate surface area is 480 Å². The van der Waals surface area contributed by atoms with Crippen molar-refractivity contribution in [3.63, 3.8) is 0 Å². The van der Waals surface area contributed by atoms with Gasteiger partial charge in [-0.15, -0.1) is 48.1 Å². The topological polar surface area (TPSA) is 33.5 Å². The summed E-state index contributed by atoms with van der Waals surface area (Å²) in [7, 11) is 0. The number of pyridine rings is 1. The molecule has 0 bridgehead atoms. The molecule has 0 saturated carbocycles. The normalized spacial score (nSPS) is 16.9. The zero-order valence-electron chi connectivity index (χ0n) is 55.5. The fourth-order valence-corrected chi connectivity index (χ4v) is 10.5. The molecular formula is C70H65N4OPt-3. The zero-order chi connectivity index (χ0) is 61.6. The maximum absolute atomic E-state index is 10.4. The minimum Gasteiger partial charge on any atom is -0.509 e. The largest absolute Gasteiger partial charge is 0.509 e. The second kappa shape index (κ2) is 19.1. The Hall–Kier alpha value is -7.20. The molecule has 0 radical (unpaired) electrons. The van der Waals surface area contributed by atoms with E-state index < -0.39 is 16.2 Å². The van der Waals surface area contributed by atoms with Gasteiger partial charge in [0.1, 0.15) is 5.82 Å². The average molecular weight is 1180 g/mol. The van der Waals surface area contributed by atoms with Crippen molar-refractivity contribution in [2.24, 2.45) is 0 Å². The zero-order valence-corrected chi connectivity index (χ0v) is 46.7. The van der Waals surface area contributed by atoms with Crippen molar-refractivity contribution in [2.45, 2.75) is 104 Å². The van der Waals surface area contributed by atoms with Gasteiger partial charge in [-0.05, 0) is 133 Å². The molecule has 5 nitrogen and oxygen atoms in total. The summed E-state index contributed by atoms with van der Waals surface area (Å²) >= 11 is 0. The van der Waals surface area contributed by atoms with Gasteiger partial charge in [0.2, 0.25) is 0 Å². The molecule has 76 heavy (non-hydrogen) atoms. The Morgan fingerprint density at radius 2 is 1.24 bits per heavy atom. The van der Waals surface area contributed by atoms with Crippen LogP contribution in [0.15, 0.2) is 182 Å². The third-order valence-corrected chi connectivity index (χ3v) is 15.0. The number of aromatic nitrogens is 2. The molecule has 3 heterocycles.